The van der Waals surface area contributed by atoms with Crippen LogP contribution in [0.2, 0.25) is 0 Å². The van der Waals surface area contributed by atoms with E-state index in [9.17, 15) is 4.79 Å². The Bertz CT molecular complexity index is 1130. The zero-order chi connectivity index (χ0) is 18.1. The molecule has 0 aliphatic rings. The van der Waals surface area contributed by atoms with Crippen molar-refractivity contribution in [1.29, 1.82) is 0 Å². The molecular formula is C23H21NO2. The van der Waals surface area contributed by atoms with Crippen molar-refractivity contribution in [2.75, 3.05) is 18.0 Å². The van der Waals surface area contributed by atoms with E-state index in [2.05, 4.69) is 36.9 Å². The first-order chi connectivity index (χ1) is 12.7. The van der Waals surface area contributed by atoms with Crippen LogP contribution in [0.4, 0.5) is 5.69 Å². The maximum absolute atomic E-state index is 12.7. The lowest BCUT2D eigenvalue weighted by Gasteiger charge is -2.21. The third kappa shape index (κ3) is 2.76. The summed E-state index contributed by atoms with van der Waals surface area (Å²) >= 11 is 0. The second-order valence-corrected chi connectivity index (χ2v) is 6.37. The largest absolute Gasteiger partial charge is 0.422 e. The molecule has 3 heteroatoms. The second-order valence-electron chi connectivity index (χ2n) is 6.37. The molecule has 0 saturated carbocycles. The Kier molecular flexibility index (Phi) is 4.21. The molecular weight excluding hydrogens is 322 g/mol. The summed E-state index contributed by atoms with van der Waals surface area (Å²) in [4.78, 5) is 15.0. The predicted octanol–water partition coefficient (Wildman–Crippen LogP) is 5.46. The van der Waals surface area contributed by atoms with Crippen LogP contribution < -0.4 is 10.5 Å². The zero-order valence-corrected chi connectivity index (χ0v) is 15.0. The van der Waals surface area contributed by atoms with Crippen molar-refractivity contribution in [3.63, 3.8) is 0 Å². The van der Waals surface area contributed by atoms with Crippen LogP contribution in [0.15, 0.2) is 75.9 Å². The lowest BCUT2D eigenvalue weighted by molar-refractivity contribution is 0.563. The van der Waals surface area contributed by atoms with Crippen LogP contribution in [0.3, 0.4) is 0 Å². The summed E-state index contributed by atoms with van der Waals surface area (Å²) < 4.78 is 5.69. The van der Waals surface area contributed by atoms with E-state index < -0.39 is 0 Å². The first-order valence-corrected chi connectivity index (χ1v) is 9.02. The summed E-state index contributed by atoms with van der Waals surface area (Å²) in [5.74, 6) is 0. The fourth-order valence-corrected chi connectivity index (χ4v) is 3.53. The fourth-order valence-electron chi connectivity index (χ4n) is 3.53. The van der Waals surface area contributed by atoms with Crippen LogP contribution in [0, 0.1) is 0 Å². The van der Waals surface area contributed by atoms with Crippen molar-refractivity contribution >= 4 is 27.4 Å². The van der Waals surface area contributed by atoms with Crippen LogP contribution in [0.5, 0.6) is 0 Å². The van der Waals surface area contributed by atoms with E-state index in [-0.39, 0.29) is 5.63 Å². The summed E-state index contributed by atoms with van der Waals surface area (Å²) in [6.45, 7) is 6.07. The van der Waals surface area contributed by atoms with Gasteiger partial charge in [-0.15, -0.1) is 0 Å². The van der Waals surface area contributed by atoms with Gasteiger partial charge in [0.15, 0.2) is 0 Å². The number of fused-ring (bicyclic) bond motifs is 2. The number of benzene rings is 3. The predicted molar refractivity (Wildman–Crippen MR) is 109 cm³/mol. The molecule has 0 bridgehead atoms. The van der Waals surface area contributed by atoms with Crippen LogP contribution in [-0.4, -0.2) is 13.1 Å². The topological polar surface area (TPSA) is 33.5 Å². The molecule has 0 spiro atoms. The van der Waals surface area contributed by atoms with Crippen molar-refractivity contribution in [2.45, 2.75) is 13.8 Å². The standard InChI is InChI=1S/C23H21NO2/c1-3-24(4-2)18-13-12-17-14-21(23(25)26-22(17)15-18)20-11-7-9-16-8-5-6-10-19(16)20/h5-15H,3-4H2,1-2H3. The molecule has 130 valence electrons. The smallest absolute Gasteiger partial charge is 0.344 e. The van der Waals surface area contributed by atoms with Crippen LogP contribution in [0.25, 0.3) is 32.9 Å². The van der Waals surface area contributed by atoms with Crippen LogP contribution >= 0.6 is 0 Å². The van der Waals surface area contributed by atoms with Gasteiger partial charge in [-0.3, -0.25) is 0 Å². The first-order valence-electron chi connectivity index (χ1n) is 9.02. The molecule has 4 rings (SSSR count). The molecule has 0 aliphatic carbocycles. The van der Waals surface area contributed by atoms with Gasteiger partial charge in [0, 0.05) is 30.2 Å². The number of rotatable bonds is 4. The molecule has 0 unspecified atom stereocenters. The van der Waals surface area contributed by atoms with Gasteiger partial charge in [-0.05, 0) is 48.4 Å². The third-order valence-corrected chi connectivity index (χ3v) is 4.93. The molecule has 0 fully saturated rings. The van der Waals surface area contributed by atoms with Crippen LogP contribution in [0.1, 0.15) is 13.8 Å². The monoisotopic (exact) mass is 343 g/mol. The molecule has 0 atom stereocenters. The van der Waals surface area contributed by atoms with Gasteiger partial charge in [0.05, 0.1) is 5.56 Å². The van der Waals surface area contributed by atoms with E-state index in [1.807, 2.05) is 48.5 Å². The number of hydrogen-bond acceptors (Lipinski definition) is 3. The third-order valence-electron chi connectivity index (χ3n) is 4.93. The highest BCUT2D eigenvalue weighted by Crippen LogP contribution is 2.29. The lowest BCUT2D eigenvalue weighted by atomic mass is 9.99. The van der Waals surface area contributed by atoms with Gasteiger partial charge in [0.25, 0.3) is 0 Å². The minimum Gasteiger partial charge on any atom is -0.422 e. The van der Waals surface area contributed by atoms with Crippen LogP contribution in [-0.2, 0) is 0 Å². The minimum atomic E-state index is -0.300. The van der Waals surface area contributed by atoms with E-state index in [4.69, 9.17) is 4.42 Å². The molecule has 0 saturated heterocycles. The minimum absolute atomic E-state index is 0.300. The van der Waals surface area contributed by atoms with Crippen molar-refractivity contribution in [1.82, 2.24) is 0 Å². The summed E-state index contributed by atoms with van der Waals surface area (Å²) in [6.07, 6.45) is 0. The molecule has 3 nitrogen and oxygen atoms in total. The maximum atomic E-state index is 12.7. The molecule has 4 aromatic rings. The zero-order valence-electron chi connectivity index (χ0n) is 15.0. The first kappa shape index (κ1) is 16.4. The molecule has 26 heavy (non-hydrogen) atoms. The highest BCUT2D eigenvalue weighted by molar-refractivity contribution is 5.98. The molecule has 0 N–H and O–H groups in total. The Labute approximate surface area is 152 Å². The fraction of sp³-hybridized carbons (Fsp3) is 0.174. The van der Waals surface area contributed by atoms with E-state index in [0.29, 0.717) is 11.1 Å². The SMILES string of the molecule is CCN(CC)c1ccc2cc(-c3cccc4ccccc34)c(=O)oc2c1. The molecule has 0 aliphatic heterocycles. The summed E-state index contributed by atoms with van der Waals surface area (Å²) in [6, 6.07) is 22.1. The normalized spacial score (nSPS) is 11.2. The van der Waals surface area contributed by atoms with Crippen molar-refractivity contribution in [3.8, 4) is 11.1 Å². The molecule has 1 heterocycles. The van der Waals surface area contributed by atoms with Crippen molar-refractivity contribution in [2.24, 2.45) is 0 Å². The van der Waals surface area contributed by atoms with Crippen molar-refractivity contribution < 1.29 is 4.42 Å². The molecule has 1 aromatic heterocycles. The summed E-state index contributed by atoms with van der Waals surface area (Å²) in [7, 11) is 0. The Morgan fingerprint density at radius 1 is 0.808 bits per heavy atom. The molecule has 3 aromatic carbocycles. The summed E-state index contributed by atoms with van der Waals surface area (Å²) in [5.41, 5.74) is 2.91. The van der Waals surface area contributed by atoms with Gasteiger partial charge >= 0.3 is 5.63 Å². The number of anilines is 1. The average molecular weight is 343 g/mol. The highest BCUT2D eigenvalue weighted by Gasteiger charge is 2.12. The highest BCUT2D eigenvalue weighted by atomic mass is 16.4. The molecule has 0 amide bonds. The Balaban J connectivity index is 1.90. The van der Waals surface area contributed by atoms with Gasteiger partial charge in [-0.2, -0.15) is 0 Å². The number of nitrogens with zero attached hydrogens (tertiary/aromatic N) is 1. The quantitative estimate of drug-likeness (QED) is 0.461. The van der Waals surface area contributed by atoms with E-state index in [1.165, 1.54) is 0 Å². The van der Waals surface area contributed by atoms with Gasteiger partial charge in [0.2, 0.25) is 0 Å². The Hall–Kier alpha value is -3.07. The van der Waals surface area contributed by atoms with E-state index in [0.717, 1.165) is 40.5 Å². The van der Waals surface area contributed by atoms with Gasteiger partial charge in [-0.1, -0.05) is 42.5 Å². The Morgan fingerprint density at radius 2 is 1.58 bits per heavy atom. The molecule has 0 radical (unpaired) electrons. The summed E-state index contributed by atoms with van der Waals surface area (Å²) in [5, 5.41) is 3.10. The number of hydrogen-bond donors (Lipinski definition) is 0. The van der Waals surface area contributed by atoms with Crippen molar-refractivity contribution in [3.05, 3.63) is 77.2 Å². The average Bonchev–Trinajstić information content (AvgIpc) is 2.68. The van der Waals surface area contributed by atoms with Gasteiger partial charge in [0.1, 0.15) is 5.58 Å². The second kappa shape index (κ2) is 6.68. The maximum Gasteiger partial charge on any atom is 0.344 e. The van der Waals surface area contributed by atoms with Gasteiger partial charge in [-0.25, -0.2) is 4.79 Å². The lowest BCUT2D eigenvalue weighted by Crippen LogP contribution is -2.21. The Morgan fingerprint density at radius 3 is 2.38 bits per heavy atom. The van der Waals surface area contributed by atoms with Gasteiger partial charge < -0.3 is 9.32 Å². The van der Waals surface area contributed by atoms with E-state index in [1.54, 1.807) is 0 Å². The van der Waals surface area contributed by atoms with E-state index >= 15 is 0 Å².